The zero-order chi connectivity index (χ0) is 17.8. The minimum atomic E-state index is -0.563. The molecule has 1 saturated heterocycles. The van der Waals surface area contributed by atoms with Crippen LogP contribution in [0.3, 0.4) is 0 Å². The van der Waals surface area contributed by atoms with E-state index in [-0.39, 0.29) is 11.9 Å². The van der Waals surface area contributed by atoms with E-state index < -0.39 is 5.91 Å². The topological polar surface area (TPSA) is 90.9 Å². The van der Waals surface area contributed by atoms with Gasteiger partial charge in [-0.2, -0.15) is 0 Å². The van der Waals surface area contributed by atoms with Gasteiger partial charge in [-0.15, -0.1) is 0 Å². The van der Waals surface area contributed by atoms with Gasteiger partial charge in [0.05, 0.1) is 13.2 Å². The van der Waals surface area contributed by atoms with Crippen molar-refractivity contribution in [2.75, 3.05) is 23.9 Å². The molecule has 0 spiro atoms. The molecule has 0 aromatic heterocycles. The lowest BCUT2D eigenvalue weighted by Crippen LogP contribution is -2.27. The van der Waals surface area contributed by atoms with Crippen LogP contribution in [-0.2, 0) is 4.79 Å². The summed E-state index contributed by atoms with van der Waals surface area (Å²) >= 11 is 0. The normalized spacial score (nSPS) is 16.6. The van der Waals surface area contributed by atoms with E-state index in [1.165, 1.54) is 0 Å². The molecule has 1 unspecified atom stereocenters. The largest absolute Gasteiger partial charge is 0.497 e. The van der Waals surface area contributed by atoms with Crippen LogP contribution in [0, 0.1) is 0 Å². The van der Waals surface area contributed by atoms with Crippen molar-refractivity contribution in [1.82, 2.24) is 5.48 Å². The minimum Gasteiger partial charge on any atom is -0.497 e. The second-order valence-electron chi connectivity index (χ2n) is 5.77. The van der Waals surface area contributed by atoms with E-state index in [0.717, 1.165) is 11.4 Å². The average Bonchev–Trinajstić information content (AvgIpc) is 3.02. The zero-order valence-corrected chi connectivity index (χ0v) is 13.7. The Balaban J connectivity index is 1.67. The van der Waals surface area contributed by atoms with Gasteiger partial charge in [-0.05, 0) is 36.4 Å². The molecule has 3 rings (SSSR count). The van der Waals surface area contributed by atoms with Crippen LogP contribution >= 0.6 is 0 Å². The number of anilines is 2. The molecule has 0 aliphatic carbocycles. The van der Waals surface area contributed by atoms with E-state index in [2.05, 4.69) is 5.32 Å². The molecule has 3 N–H and O–H groups in total. The molecule has 7 nitrogen and oxygen atoms in total. The number of benzene rings is 2. The van der Waals surface area contributed by atoms with Crippen LogP contribution in [-0.4, -0.2) is 36.7 Å². The van der Waals surface area contributed by atoms with Crippen molar-refractivity contribution in [3.63, 3.8) is 0 Å². The summed E-state index contributed by atoms with van der Waals surface area (Å²) < 4.78 is 5.21. The molecule has 1 aliphatic rings. The predicted molar refractivity (Wildman–Crippen MR) is 93.1 cm³/mol. The Labute approximate surface area is 145 Å². The summed E-state index contributed by atoms with van der Waals surface area (Å²) in [5.41, 5.74) is 3.56. The summed E-state index contributed by atoms with van der Waals surface area (Å²) in [6.45, 7) is 0.547. The maximum Gasteiger partial charge on any atom is 0.274 e. The highest BCUT2D eigenvalue weighted by molar-refractivity contribution is 5.97. The fourth-order valence-electron chi connectivity index (χ4n) is 2.85. The maximum atomic E-state index is 12.3. The maximum absolute atomic E-state index is 12.3. The van der Waals surface area contributed by atoms with Crippen LogP contribution in [0.15, 0.2) is 48.5 Å². The van der Waals surface area contributed by atoms with Crippen molar-refractivity contribution in [3.8, 4) is 5.75 Å². The molecular weight excluding hydrogens is 322 g/mol. The van der Waals surface area contributed by atoms with Crippen molar-refractivity contribution in [2.24, 2.45) is 0 Å². The second-order valence-corrected chi connectivity index (χ2v) is 5.77. The standard InChI is InChI=1S/C18H19N3O4/c1-25-16-4-2-3-15(10-16)21-11-14(9-17(21)22)19-13-7-5-12(6-8-13)18(23)20-24/h2-8,10,14,19,24H,9,11H2,1H3,(H,20,23). The molecule has 0 saturated carbocycles. The van der Waals surface area contributed by atoms with Crippen molar-refractivity contribution < 1.29 is 19.5 Å². The van der Waals surface area contributed by atoms with Gasteiger partial charge in [0.2, 0.25) is 5.91 Å². The van der Waals surface area contributed by atoms with Crippen LogP contribution < -0.4 is 20.4 Å². The van der Waals surface area contributed by atoms with E-state index in [4.69, 9.17) is 9.94 Å². The van der Waals surface area contributed by atoms with E-state index in [9.17, 15) is 9.59 Å². The number of nitrogens with zero attached hydrogens (tertiary/aromatic N) is 1. The van der Waals surface area contributed by atoms with Crippen molar-refractivity contribution in [1.29, 1.82) is 0 Å². The van der Waals surface area contributed by atoms with Gasteiger partial charge in [0.25, 0.3) is 5.91 Å². The van der Waals surface area contributed by atoms with Crippen LogP contribution in [0.4, 0.5) is 11.4 Å². The number of nitrogens with one attached hydrogen (secondary N) is 2. The Bertz CT molecular complexity index is 776. The number of amides is 2. The lowest BCUT2D eigenvalue weighted by atomic mass is 10.1. The summed E-state index contributed by atoms with van der Waals surface area (Å²) in [6.07, 6.45) is 0.385. The summed E-state index contributed by atoms with van der Waals surface area (Å²) in [7, 11) is 1.59. The Morgan fingerprint density at radius 1 is 1.24 bits per heavy atom. The number of ether oxygens (including phenoxy) is 1. The molecule has 1 heterocycles. The Morgan fingerprint density at radius 3 is 2.68 bits per heavy atom. The molecule has 25 heavy (non-hydrogen) atoms. The van der Waals surface area contributed by atoms with Gasteiger partial charge in [-0.25, -0.2) is 5.48 Å². The summed E-state index contributed by atoms with van der Waals surface area (Å²) in [5.74, 6) is 0.188. The number of hydrogen-bond donors (Lipinski definition) is 3. The third-order valence-electron chi connectivity index (χ3n) is 4.11. The molecule has 0 radical (unpaired) electrons. The van der Waals surface area contributed by atoms with Gasteiger partial charge >= 0.3 is 0 Å². The quantitative estimate of drug-likeness (QED) is 0.572. The smallest absolute Gasteiger partial charge is 0.274 e. The fourth-order valence-corrected chi connectivity index (χ4v) is 2.85. The van der Waals surface area contributed by atoms with Crippen molar-refractivity contribution in [3.05, 3.63) is 54.1 Å². The average molecular weight is 341 g/mol. The first kappa shape index (κ1) is 16.8. The monoisotopic (exact) mass is 341 g/mol. The summed E-state index contributed by atoms with van der Waals surface area (Å²) in [6, 6.07) is 14.1. The van der Waals surface area contributed by atoms with Crippen molar-refractivity contribution in [2.45, 2.75) is 12.5 Å². The van der Waals surface area contributed by atoms with E-state index >= 15 is 0 Å². The molecule has 2 amide bonds. The van der Waals surface area contributed by atoms with E-state index in [1.54, 1.807) is 41.8 Å². The Morgan fingerprint density at radius 2 is 2.00 bits per heavy atom. The molecule has 1 aliphatic heterocycles. The van der Waals surface area contributed by atoms with Gasteiger partial charge in [0.1, 0.15) is 5.75 Å². The SMILES string of the molecule is COc1cccc(N2CC(Nc3ccc(C(=O)NO)cc3)CC2=O)c1. The predicted octanol–water partition coefficient (Wildman–Crippen LogP) is 2.03. The van der Waals surface area contributed by atoms with E-state index in [0.29, 0.717) is 24.3 Å². The first-order chi connectivity index (χ1) is 12.1. The third-order valence-corrected chi connectivity index (χ3v) is 4.11. The lowest BCUT2D eigenvalue weighted by molar-refractivity contribution is -0.117. The number of methoxy groups -OCH3 is 1. The molecule has 2 aromatic rings. The number of hydrogen-bond acceptors (Lipinski definition) is 5. The fraction of sp³-hybridized carbons (Fsp3) is 0.222. The third kappa shape index (κ3) is 3.72. The molecule has 7 heteroatoms. The highest BCUT2D eigenvalue weighted by Gasteiger charge is 2.30. The minimum absolute atomic E-state index is 0.0313. The van der Waals surface area contributed by atoms with Gasteiger partial charge in [-0.1, -0.05) is 6.07 Å². The van der Waals surface area contributed by atoms with Gasteiger partial charge in [-0.3, -0.25) is 14.8 Å². The zero-order valence-electron chi connectivity index (χ0n) is 13.7. The highest BCUT2D eigenvalue weighted by Crippen LogP contribution is 2.26. The van der Waals surface area contributed by atoms with Crippen molar-refractivity contribution >= 4 is 23.2 Å². The molecule has 2 aromatic carbocycles. The molecule has 1 fully saturated rings. The Kier molecular flexibility index (Phi) is 4.85. The second kappa shape index (κ2) is 7.23. The number of hydroxylamine groups is 1. The van der Waals surface area contributed by atoms with E-state index in [1.807, 2.05) is 24.3 Å². The van der Waals surface area contributed by atoms with Gasteiger partial charge < -0.3 is 15.0 Å². The van der Waals surface area contributed by atoms with Crippen LogP contribution in [0.1, 0.15) is 16.8 Å². The Hall–Kier alpha value is -3.06. The molecular formula is C18H19N3O4. The molecule has 0 bridgehead atoms. The number of carbonyl (C=O) groups excluding carboxylic acids is 2. The molecule has 1 atom stereocenters. The number of carbonyl (C=O) groups is 2. The van der Waals surface area contributed by atoms with Gasteiger partial charge in [0.15, 0.2) is 0 Å². The van der Waals surface area contributed by atoms with Crippen LogP contribution in [0.2, 0.25) is 0 Å². The number of rotatable bonds is 5. The summed E-state index contributed by atoms with van der Waals surface area (Å²) in [5, 5.41) is 11.9. The van der Waals surface area contributed by atoms with Crippen LogP contribution in [0.25, 0.3) is 0 Å². The summed E-state index contributed by atoms with van der Waals surface area (Å²) in [4.78, 5) is 25.4. The first-order valence-corrected chi connectivity index (χ1v) is 7.86. The lowest BCUT2D eigenvalue weighted by Gasteiger charge is -2.18. The van der Waals surface area contributed by atoms with Gasteiger partial charge in [0, 0.05) is 36.0 Å². The molecule has 130 valence electrons. The highest BCUT2D eigenvalue weighted by atomic mass is 16.5. The first-order valence-electron chi connectivity index (χ1n) is 7.86. The van der Waals surface area contributed by atoms with Crippen LogP contribution in [0.5, 0.6) is 5.75 Å².